The maximum atomic E-state index is 12.1. The fourth-order valence-electron chi connectivity index (χ4n) is 2.97. The van der Waals surface area contributed by atoms with Crippen LogP contribution in [0.4, 0.5) is 4.79 Å². The summed E-state index contributed by atoms with van der Waals surface area (Å²) in [7, 11) is 1.66. The number of amides is 2. The van der Waals surface area contributed by atoms with Gasteiger partial charge in [0.25, 0.3) is 0 Å². The molecule has 1 aliphatic heterocycles. The van der Waals surface area contributed by atoms with Gasteiger partial charge in [-0.3, -0.25) is 0 Å². The van der Waals surface area contributed by atoms with Gasteiger partial charge >= 0.3 is 6.03 Å². The van der Waals surface area contributed by atoms with Crippen LogP contribution in [0, 0.1) is 5.92 Å². The van der Waals surface area contributed by atoms with Crippen molar-refractivity contribution in [2.75, 3.05) is 26.8 Å². The zero-order chi connectivity index (χ0) is 16.2. The third kappa shape index (κ3) is 3.56. The van der Waals surface area contributed by atoms with Gasteiger partial charge in [0.1, 0.15) is 5.75 Å². The molecule has 1 saturated heterocycles. The van der Waals surface area contributed by atoms with E-state index < -0.39 is 0 Å². The van der Waals surface area contributed by atoms with Crippen molar-refractivity contribution in [2.45, 2.75) is 13.0 Å². The molecular weight excluding hydrogens is 292 g/mol. The zero-order valence-electron chi connectivity index (χ0n) is 13.3. The van der Waals surface area contributed by atoms with E-state index in [1.165, 1.54) is 0 Å². The van der Waals surface area contributed by atoms with Gasteiger partial charge in [0.2, 0.25) is 0 Å². The van der Waals surface area contributed by atoms with E-state index in [4.69, 9.17) is 9.84 Å². The molecule has 122 valence electrons. The first-order chi connectivity index (χ1) is 11.2. The number of ether oxygens (including phenoxy) is 1. The summed E-state index contributed by atoms with van der Waals surface area (Å²) in [5, 5.41) is 14.3. The molecular formula is C18H22N2O3. The number of carbonyl (C=O) groups is 1. The molecule has 1 aliphatic rings. The Labute approximate surface area is 135 Å². The van der Waals surface area contributed by atoms with Crippen LogP contribution < -0.4 is 10.1 Å². The van der Waals surface area contributed by atoms with E-state index in [2.05, 4.69) is 11.4 Å². The second kappa shape index (κ2) is 6.87. The van der Waals surface area contributed by atoms with Crippen LogP contribution in [0.1, 0.15) is 12.0 Å². The molecule has 1 fully saturated rings. The van der Waals surface area contributed by atoms with Crippen molar-refractivity contribution in [1.82, 2.24) is 10.2 Å². The molecule has 1 heterocycles. The van der Waals surface area contributed by atoms with Crippen molar-refractivity contribution in [3.05, 3.63) is 42.0 Å². The van der Waals surface area contributed by atoms with E-state index >= 15 is 0 Å². The van der Waals surface area contributed by atoms with Crippen LogP contribution in [0.15, 0.2) is 36.4 Å². The Morgan fingerprint density at radius 2 is 2.09 bits per heavy atom. The summed E-state index contributed by atoms with van der Waals surface area (Å²) in [5.74, 6) is 1.06. The highest BCUT2D eigenvalue weighted by molar-refractivity contribution is 5.84. The number of carbonyl (C=O) groups excluding carboxylic acids is 1. The normalized spacial score (nSPS) is 17.5. The fourth-order valence-corrected chi connectivity index (χ4v) is 2.97. The van der Waals surface area contributed by atoms with Gasteiger partial charge in [-0.15, -0.1) is 0 Å². The number of benzene rings is 2. The molecule has 0 bridgehead atoms. The molecule has 23 heavy (non-hydrogen) atoms. The lowest BCUT2D eigenvalue weighted by Crippen LogP contribution is -2.38. The molecule has 0 radical (unpaired) electrons. The number of urea groups is 1. The van der Waals surface area contributed by atoms with E-state index in [9.17, 15) is 4.79 Å². The standard InChI is InChI=1S/C18H22N2O3/c1-23-17-5-4-15-8-13(2-3-16(15)9-17)10-19-18(22)20-7-6-14(11-20)12-21/h2-5,8-9,14,21H,6-7,10-12H2,1H3,(H,19,22). The summed E-state index contributed by atoms with van der Waals surface area (Å²) in [4.78, 5) is 13.9. The molecule has 1 unspecified atom stereocenters. The third-order valence-electron chi connectivity index (χ3n) is 4.39. The van der Waals surface area contributed by atoms with Gasteiger partial charge in [0, 0.05) is 32.2 Å². The molecule has 5 heteroatoms. The maximum absolute atomic E-state index is 12.1. The first-order valence-electron chi connectivity index (χ1n) is 7.90. The van der Waals surface area contributed by atoms with Crippen LogP contribution in [-0.2, 0) is 6.54 Å². The summed E-state index contributed by atoms with van der Waals surface area (Å²) in [6.07, 6.45) is 0.877. The molecule has 0 aromatic heterocycles. The van der Waals surface area contributed by atoms with Crippen LogP contribution in [0.2, 0.25) is 0 Å². The lowest BCUT2D eigenvalue weighted by Gasteiger charge is -2.17. The summed E-state index contributed by atoms with van der Waals surface area (Å²) < 4.78 is 5.23. The highest BCUT2D eigenvalue weighted by Gasteiger charge is 2.25. The fraction of sp³-hybridized carbons (Fsp3) is 0.389. The van der Waals surface area contributed by atoms with E-state index in [0.29, 0.717) is 19.6 Å². The van der Waals surface area contributed by atoms with E-state index in [0.717, 1.165) is 28.5 Å². The minimum Gasteiger partial charge on any atom is -0.497 e. The van der Waals surface area contributed by atoms with Gasteiger partial charge in [-0.1, -0.05) is 18.2 Å². The lowest BCUT2D eigenvalue weighted by atomic mass is 10.1. The minimum absolute atomic E-state index is 0.0595. The Bertz CT molecular complexity index is 702. The average Bonchev–Trinajstić information content (AvgIpc) is 3.08. The van der Waals surface area contributed by atoms with Crippen molar-refractivity contribution in [3.63, 3.8) is 0 Å². The number of likely N-dealkylation sites (tertiary alicyclic amines) is 1. The Morgan fingerprint density at radius 1 is 1.30 bits per heavy atom. The van der Waals surface area contributed by atoms with Crippen molar-refractivity contribution in [2.24, 2.45) is 5.92 Å². The van der Waals surface area contributed by atoms with Crippen LogP contribution >= 0.6 is 0 Å². The molecule has 2 aromatic rings. The average molecular weight is 314 g/mol. The quantitative estimate of drug-likeness (QED) is 0.911. The highest BCUT2D eigenvalue weighted by atomic mass is 16.5. The molecule has 2 amide bonds. The van der Waals surface area contributed by atoms with Crippen molar-refractivity contribution < 1.29 is 14.6 Å². The van der Waals surface area contributed by atoms with Crippen molar-refractivity contribution in [1.29, 1.82) is 0 Å². The van der Waals surface area contributed by atoms with E-state index in [1.54, 1.807) is 12.0 Å². The lowest BCUT2D eigenvalue weighted by molar-refractivity contribution is 0.198. The predicted octanol–water partition coefficient (Wildman–Crippen LogP) is 2.37. The molecule has 0 spiro atoms. The summed E-state index contributed by atoms with van der Waals surface area (Å²) in [6, 6.07) is 12.0. The van der Waals surface area contributed by atoms with Crippen LogP contribution in [0.3, 0.4) is 0 Å². The molecule has 1 atom stereocenters. The first kappa shape index (κ1) is 15.6. The van der Waals surface area contributed by atoms with Gasteiger partial charge in [0.15, 0.2) is 0 Å². The van der Waals surface area contributed by atoms with Crippen LogP contribution in [0.5, 0.6) is 5.75 Å². The first-order valence-corrected chi connectivity index (χ1v) is 7.90. The largest absolute Gasteiger partial charge is 0.497 e. The van der Waals surface area contributed by atoms with Crippen molar-refractivity contribution in [3.8, 4) is 5.75 Å². The molecule has 2 N–H and O–H groups in total. The van der Waals surface area contributed by atoms with Gasteiger partial charge in [-0.25, -0.2) is 4.79 Å². The molecule has 5 nitrogen and oxygen atoms in total. The van der Waals surface area contributed by atoms with Crippen LogP contribution in [-0.4, -0.2) is 42.8 Å². The molecule has 0 aliphatic carbocycles. The molecule has 0 saturated carbocycles. The second-order valence-electron chi connectivity index (χ2n) is 5.99. The Morgan fingerprint density at radius 3 is 2.83 bits per heavy atom. The van der Waals surface area contributed by atoms with Crippen LogP contribution in [0.25, 0.3) is 10.8 Å². The van der Waals surface area contributed by atoms with E-state index in [1.807, 2.05) is 30.3 Å². The third-order valence-corrected chi connectivity index (χ3v) is 4.39. The molecule has 2 aromatic carbocycles. The second-order valence-corrected chi connectivity index (χ2v) is 5.99. The van der Waals surface area contributed by atoms with Gasteiger partial charge in [-0.05, 0) is 41.0 Å². The number of hydrogen-bond acceptors (Lipinski definition) is 3. The minimum atomic E-state index is -0.0595. The monoisotopic (exact) mass is 314 g/mol. The maximum Gasteiger partial charge on any atom is 0.317 e. The smallest absolute Gasteiger partial charge is 0.317 e. The number of aliphatic hydroxyl groups excluding tert-OH is 1. The Kier molecular flexibility index (Phi) is 4.67. The SMILES string of the molecule is COc1ccc2cc(CNC(=O)N3CCC(CO)C3)ccc2c1. The van der Waals surface area contributed by atoms with Gasteiger partial charge in [-0.2, -0.15) is 0 Å². The van der Waals surface area contributed by atoms with Crippen molar-refractivity contribution >= 4 is 16.8 Å². The number of fused-ring (bicyclic) bond motifs is 1. The topological polar surface area (TPSA) is 61.8 Å². The van der Waals surface area contributed by atoms with Gasteiger partial charge < -0.3 is 20.1 Å². The number of nitrogens with one attached hydrogen (secondary N) is 1. The van der Waals surface area contributed by atoms with Gasteiger partial charge in [0.05, 0.1) is 7.11 Å². The van der Waals surface area contributed by atoms with E-state index in [-0.39, 0.29) is 18.6 Å². The summed E-state index contributed by atoms with van der Waals surface area (Å²) in [6.45, 7) is 2.01. The number of rotatable bonds is 4. The highest BCUT2D eigenvalue weighted by Crippen LogP contribution is 2.22. The predicted molar refractivity (Wildman–Crippen MR) is 89.5 cm³/mol. The molecule has 3 rings (SSSR count). The number of nitrogens with zero attached hydrogens (tertiary/aromatic N) is 1. The number of aliphatic hydroxyl groups is 1. The summed E-state index contributed by atoms with van der Waals surface area (Å²) >= 11 is 0. The Hall–Kier alpha value is -2.27. The summed E-state index contributed by atoms with van der Waals surface area (Å²) in [5.41, 5.74) is 1.06. The Balaban J connectivity index is 1.62. The number of methoxy groups -OCH3 is 1. The number of hydrogen-bond donors (Lipinski definition) is 2. The zero-order valence-corrected chi connectivity index (χ0v) is 13.3.